The molecule has 11 aromatic rings. The van der Waals surface area contributed by atoms with Gasteiger partial charge in [-0.1, -0.05) is 162 Å². The van der Waals surface area contributed by atoms with Gasteiger partial charge in [0.15, 0.2) is 11.2 Å². The molecule has 0 fully saturated rings. The Bertz CT molecular complexity index is 3640. The number of anilines is 6. The minimum Gasteiger partial charge on any atom is -0.454 e. The van der Waals surface area contributed by atoms with Crippen molar-refractivity contribution in [3.8, 4) is 0 Å². The number of hydrogen-bond donors (Lipinski definition) is 0. The molecule has 316 valence electrons. The van der Waals surface area contributed by atoms with E-state index in [1.165, 1.54) is 11.1 Å². The molecule has 0 atom stereocenters. The van der Waals surface area contributed by atoms with Crippen molar-refractivity contribution in [2.24, 2.45) is 0 Å². The van der Waals surface area contributed by atoms with Crippen LogP contribution in [-0.4, -0.2) is 0 Å². The lowest BCUT2D eigenvalue weighted by molar-refractivity contribution is 0.603. The third-order valence-electron chi connectivity index (χ3n) is 13.1. The summed E-state index contributed by atoms with van der Waals surface area (Å²) < 4.78 is 13.6. The number of rotatable bonds is 10. The Labute approximate surface area is 379 Å². The molecule has 0 unspecified atom stereocenters. The van der Waals surface area contributed by atoms with Gasteiger partial charge in [0.05, 0.1) is 22.7 Å². The summed E-state index contributed by atoms with van der Waals surface area (Å²) >= 11 is 0. The quantitative estimate of drug-likeness (QED) is 0.128. The summed E-state index contributed by atoms with van der Waals surface area (Å²) in [6.07, 6.45) is 5.94. The smallest absolute Gasteiger partial charge is 0.159 e. The van der Waals surface area contributed by atoms with Gasteiger partial charge >= 0.3 is 0 Å². The molecule has 0 aliphatic rings. The highest BCUT2D eigenvalue weighted by atomic mass is 16.3. The number of nitrogens with zero attached hydrogens (tertiary/aromatic N) is 2. The van der Waals surface area contributed by atoms with Gasteiger partial charge in [-0.15, -0.1) is 0 Å². The van der Waals surface area contributed by atoms with Crippen LogP contribution in [-0.2, 0) is 0 Å². The molecule has 0 N–H and O–H groups in total. The fraction of sp³-hybridized carbons (Fsp3) is 0.115. The summed E-state index contributed by atoms with van der Waals surface area (Å²) in [4.78, 5) is 4.79. The SMILES string of the molecule is C=Cc1c(/C=C\C)oc2c(N(c3ccc(C(C)C)cc3)c3cc4c5ccccc5c(N(c5ccc(C(C)C)cc5)c5cccc6c5oc5ccccc56)cc4c4ccccc34)cccc12. The van der Waals surface area contributed by atoms with Crippen LogP contribution in [0.1, 0.15) is 68.9 Å². The van der Waals surface area contributed by atoms with Crippen molar-refractivity contribution in [3.05, 3.63) is 205 Å². The van der Waals surface area contributed by atoms with Gasteiger partial charge in [0, 0.05) is 43.9 Å². The summed E-state index contributed by atoms with van der Waals surface area (Å²) in [5.74, 6) is 1.60. The molecular weight excluding hydrogens is 793 g/mol. The highest BCUT2D eigenvalue weighted by Crippen LogP contribution is 2.50. The third kappa shape index (κ3) is 6.59. The molecule has 0 aliphatic heterocycles. The van der Waals surface area contributed by atoms with Gasteiger partial charge in [-0.25, -0.2) is 0 Å². The predicted molar refractivity (Wildman–Crippen MR) is 278 cm³/mol. The van der Waals surface area contributed by atoms with Crippen LogP contribution in [0.25, 0.3) is 77.4 Å². The van der Waals surface area contributed by atoms with E-state index in [1.54, 1.807) is 0 Å². The molecule has 9 aromatic carbocycles. The Morgan fingerprint density at radius 3 is 1.37 bits per heavy atom. The largest absolute Gasteiger partial charge is 0.454 e. The second kappa shape index (κ2) is 16.1. The summed E-state index contributed by atoms with van der Waals surface area (Å²) in [6.45, 7) is 15.2. The lowest BCUT2D eigenvalue weighted by Crippen LogP contribution is -2.12. The Morgan fingerprint density at radius 1 is 0.431 bits per heavy atom. The van der Waals surface area contributed by atoms with Crippen LogP contribution >= 0.6 is 0 Å². The van der Waals surface area contributed by atoms with E-state index in [4.69, 9.17) is 8.83 Å². The average molecular weight is 843 g/mol. The minimum absolute atomic E-state index is 0.401. The topological polar surface area (TPSA) is 32.8 Å². The van der Waals surface area contributed by atoms with E-state index in [-0.39, 0.29) is 0 Å². The number of furan rings is 2. The first-order valence-corrected chi connectivity index (χ1v) is 22.7. The van der Waals surface area contributed by atoms with E-state index < -0.39 is 0 Å². The molecule has 11 rings (SSSR count). The first kappa shape index (κ1) is 40.0. The van der Waals surface area contributed by atoms with Crippen LogP contribution in [0.5, 0.6) is 0 Å². The molecule has 65 heavy (non-hydrogen) atoms. The van der Waals surface area contributed by atoms with E-state index in [9.17, 15) is 0 Å². The Kier molecular flexibility index (Phi) is 9.88. The van der Waals surface area contributed by atoms with Gasteiger partial charge in [0.25, 0.3) is 0 Å². The Hall–Kier alpha value is -7.82. The molecule has 0 aliphatic carbocycles. The number of allylic oxidation sites excluding steroid dienone is 1. The average Bonchev–Trinajstić information content (AvgIpc) is 3.91. The Morgan fingerprint density at radius 2 is 0.877 bits per heavy atom. The van der Waals surface area contributed by atoms with Crippen LogP contribution in [0.15, 0.2) is 191 Å². The summed E-state index contributed by atoms with van der Waals surface area (Å²) in [5, 5.41) is 10.1. The first-order valence-electron chi connectivity index (χ1n) is 22.7. The molecule has 4 nitrogen and oxygen atoms in total. The number of hydrogen-bond acceptors (Lipinski definition) is 4. The maximum absolute atomic E-state index is 6.80. The van der Waals surface area contributed by atoms with E-state index >= 15 is 0 Å². The minimum atomic E-state index is 0.401. The standard InChI is InChI=1S/C61H50N2O2/c1-7-17-58-44(8-2)50-23-15-25-54(60(50)64-58)62(42-32-28-40(29-33-42)38(3)4)56-36-52-46-19-10-12-21-48(46)57(37-53(52)45-18-9-11-20-47(45)56)63(43-34-30-41(31-35-43)39(5)6)55-26-16-24-51-49-22-13-14-27-59(49)65-61(51)55/h7-39H,2H2,1,3-6H3/b17-7-. The first-order chi connectivity index (χ1) is 31.8. The highest BCUT2D eigenvalue weighted by Gasteiger charge is 2.26. The van der Waals surface area contributed by atoms with Crippen LogP contribution in [0, 0.1) is 0 Å². The van der Waals surface area contributed by atoms with E-state index in [1.807, 2.05) is 31.2 Å². The molecule has 0 spiro atoms. The molecule has 0 radical (unpaired) electrons. The zero-order chi connectivity index (χ0) is 44.3. The van der Waals surface area contributed by atoms with Crippen LogP contribution < -0.4 is 9.80 Å². The van der Waals surface area contributed by atoms with Crippen molar-refractivity contribution in [2.75, 3.05) is 9.80 Å². The lowest BCUT2D eigenvalue weighted by Gasteiger charge is -2.30. The molecule has 2 heterocycles. The maximum Gasteiger partial charge on any atom is 0.159 e. The van der Waals surface area contributed by atoms with Gasteiger partial charge in [-0.05, 0) is 112 Å². The van der Waals surface area contributed by atoms with Crippen molar-refractivity contribution >= 4 is 112 Å². The third-order valence-corrected chi connectivity index (χ3v) is 13.1. The van der Waals surface area contributed by atoms with Crippen LogP contribution in [0.4, 0.5) is 34.1 Å². The van der Waals surface area contributed by atoms with Crippen molar-refractivity contribution in [2.45, 2.75) is 46.5 Å². The van der Waals surface area contributed by atoms with E-state index in [0.717, 1.165) is 111 Å². The molecule has 0 bridgehead atoms. The van der Waals surface area contributed by atoms with E-state index in [0.29, 0.717) is 11.8 Å². The second-order valence-corrected chi connectivity index (χ2v) is 17.6. The van der Waals surface area contributed by atoms with Crippen LogP contribution in [0.2, 0.25) is 0 Å². The van der Waals surface area contributed by atoms with Gasteiger partial charge in [-0.3, -0.25) is 0 Å². The van der Waals surface area contributed by atoms with Gasteiger partial charge in [-0.2, -0.15) is 0 Å². The number of fused-ring (bicyclic) bond motifs is 9. The zero-order valence-electron chi connectivity index (χ0n) is 37.5. The molecular formula is C61H50N2O2. The predicted octanol–water partition coefficient (Wildman–Crippen LogP) is 18.7. The van der Waals surface area contributed by atoms with Crippen molar-refractivity contribution in [3.63, 3.8) is 0 Å². The molecule has 0 amide bonds. The molecule has 0 saturated heterocycles. The normalized spacial score (nSPS) is 12.0. The van der Waals surface area contributed by atoms with Gasteiger partial charge in [0.1, 0.15) is 11.3 Å². The van der Waals surface area contributed by atoms with Gasteiger partial charge in [0.2, 0.25) is 0 Å². The Balaban J connectivity index is 1.22. The maximum atomic E-state index is 6.80. The van der Waals surface area contributed by atoms with Crippen molar-refractivity contribution in [1.82, 2.24) is 0 Å². The molecule has 4 heteroatoms. The fourth-order valence-corrected chi connectivity index (χ4v) is 9.83. The molecule has 2 aromatic heterocycles. The number of benzene rings is 9. The number of para-hydroxylation sites is 3. The van der Waals surface area contributed by atoms with E-state index in [2.05, 4.69) is 208 Å². The summed E-state index contributed by atoms with van der Waals surface area (Å²) in [6, 6.07) is 61.8. The van der Waals surface area contributed by atoms with Crippen molar-refractivity contribution in [1.29, 1.82) is 0 Å². The molecule has 0 saturated carbocycles. The second-order valence-electron chi connectivity index (χ2n) is 17.6. The van der Waals surface area contributed by atoms with Crippen molar-refractivity contribution < 1.29 is 8.83 Å². The highest BCUT2D eigenvalue weighted by molar-refractivity contribution is 6.25. The zero-order valence-corrected chi connectivity index (χ0v) is 37.5. The fourth-order valence-electron chi connectivity index (χ4n) is 9.83. The van der Waals surface area contributed by atoms with Crippen LogP contribution in [0.3, 0.4) is 0 Å². The summed E-state index contributed by atoms with van der Waals surface area (Å²) in [7, 11) is 0. The lowest BCUT2D eigenvalue weighted by atomic mass is 9.93. The monoisotopic (exact) mass is 842 g/mol. The van der Waals surface area contributed by atoms with Gasteiger partial charge < -0.3 is 18.6 Å². The summed E-state index contributed by atoms with van der Waals surface area (Å²) in [5.41, 5.74) is 12.3.